The average Bonchev–Trinajstić information content (AvgIpc) is 2.46. The van der Waals surface area contributed by atoms with E-state index in [1.165, 1.54) is 0 Å². The first-order chi connectivity index (χ1) is 6.17. The van der Waals surface area contributed by atoms with Crippen LogP contribution >= 0.6 is 0 Å². The van der Waals surface area contributed by atoms with Crippen molar-refractivity contribution in [1.29, 1.82) is 0 Å². The molecule has 0 N–H and O–H groups in total. The third-order valence-corrected chi connectivity index (χ3v) is 2.26. The molecule has 1 rings (SSSR count). The molecule has 0 bridgehead atoms. The standard InChI is InChI=1S/C9H19NO3/c1-10(2)6-7-5-8(11-3)13-9(7)12-4/h7-9H,5-6H2,1-4H3. The van der Waals surface area contributed by atoms with Gasteiger partial charge in [-0.25, -0.2) is 0 Å². The number of methoxy groups -OCH3 is 2. The van der Waals surface area contributed by atoms with Crippen LogP contribution in [0.2, 0.25) is 0 Å². The summed E-state index contributed by atoms with van der Waals surface area (Å²) in [5, 5.41) is 0. The lowest BCUT2D eigenvalue weighted by atomic mass is 10.1. The van der Waals surface area contributed by atoms with Crippen molar-refractivity contribution in [2.75, 3.05) is 34.9 Å². The van der Waals surface area contributed by atoms with E-state index < -0.39 is 0 Å². The van der Waals surface area contributed by atoms with Gasteiger partial charge in [-0.15, -0.1) is 0 Å². The molecule has 0 radical (unpaired) electrons. The van der Waals surface area contributed by atoms with Gasteiger partial charge in [-0.05, 0) is 14.1 Å². The number of ether oxygens (including phenoxy) is 3. The molecule has 0 spiro atoms. The molecular formula is C9H19NO3. The van der Waals surface area contributed by atoms with Gasteiger partial charge in [0.2, 0.25) is 0 Å². The molecule has 0 aliphatic carbocycles. The predicted octanol–water partition coefficient (Wildman–Crippen LogP) is 0.529. The largest absolute Gasteiger partial charge is 0.356 e. The van der Waals surface area contributed by atoms with E-state index in [9.17, 15) is 0 Å². The van der Waals surface area contributed by atoms with Crippen molar-refractivity contribution in [3.8, 4) is 0 Å². The van der Waals surface area contributed by atoms with Crippen molar-refractivity contribution in [3.05, 3.63) is 0 Å². The fourth-order valence-corrected chi connectivity index (χ4v) is 1.70. The molecule has 0 aromatic heterocycles. The van der Waals surface area contributed by atoms with Gasteiger partial charge in [-0.2, -0.15) is 0 Å². The Morgan fingerprint density at radius 2 is 2.00 bits per heavy atom. The van der Waals surface area contributed by atoms with Gasteiger partial charge in [0.05, 0.1) is 0 Å². The average molecular weight is 189 g/mol. The van der Waals surface area contributed by atoms with Crippen LogP contribution in [0.15, 0.2) is 0 Å². The molecule has 0 aromatic carbocycles. The van der Waals surface area contributed by atoms with Crippen molar-refractivity contribution in [2.24, 2.45) is 5.92 Å². The Labute approximate surface area is 79.8 Å². The molecule has 1 saturated heterocycles. The van der Waals surface area contributed by atoms with Crippen LogP contribution in [0.5, 0.6) is 0 Å². The number of nitrogens with zero attached hydrogens (tertiary/aromatic N) is 1. The molecule has 0 aromatic rings. The molecule has 1 heterocycles. The maximum absolute atomic E-state index is 5.50. The number of hydrogen-bond acceptors (Lipinski definition) is 4. The van der Waals surface area contributed by atoms with Crippen LogP contribution in [0.4, 0.5) is 0 Å². The van der Waals surface area contributed by atoms with Gasteiger partial charge >= 0.3 is 0 Å². The van der Waals surface area contributed by atoms with E-state index in [0.29, 0.717) is 5.92 Å². The van der Waals surface area contributed by atoms with Gasteiger partial charge in [0, 0.05) is 33.1 Å². The monoisotopic (exact) mass is 189 g/mol. The summed E-state index contributed by atoms with van der Waals surface area (Å²) in [5.41, 5.74) is 0. The van der Waals surface area contributed by atoms with Gasteiger partial charge in [0.15, 0.2) is 12.6 Å². The summed E-state index contributed by atoms with van der Waals surface area (Å²) in [7, 11) is 7.43. The second kappa shape index (κ2) is 4.91. The van der Waals surface area contributed by atoms with Gasteiger partial charge in [0.25, 0.3) is 0 Å². The summed E-state index contributed by atoms with van der Waals surface area (Å²) in [4.78, 5) is 2.14. The van der Waals surface area contributed by atoms with Gasteiger partial charge in [-0.1, -0.05) is 0 Å². The van der Waals surface area contributed by atoms with Crippen molar-refractivity contribution < 1.29 is 14.2 Å². The van der Waals surface area contributed by atoms with E-state index in [0.717, 1.165) is 13.0 Å². The molecule has 4 nitrogen and oxygen atoms in total. The summed E-state index contributed by atoms with van der Waals surface area (Å²) in [6.45, 7) is 0.971. The van der Waals surface area contributed by atoms with E-state index in [1.54, 1.807) is 14.2 Å². The molecular weight excluding hydrogens is 170 g/mol. The number of hydrogen-bond donors (Lipinski definition) is 0. The Kier molecular flexibility index (Phi) is 4.12. The van der Waals surface area contributed by atoms with Crippen molar-refractivity contribution in [3.63, 3.8) is 0 Å². The second-order valence-electron chi connectivity index (χ2n) is 3.66. The Balaban J connectivity index is 2.43. The minimum Gasteiger partial charge on any atom is -0.356 e. The smallest absolute Gasteiger partial charge is 0.164 e. The zero-order valence-electron chi connectivity index (χ0n) is 8.82. The molecule has 13 heavy (non-hydrogen) atoms. The molecule has 78 valence electrons. The molecule has 1 aliphatic heterocycles. The van der Waals surface area contributed by atoms with E-state index >= 15 is 0 Å². The zero-order valence-corrected chi connectivity index (χ0v) is 8.82. The quantitative estimate of drug-likeness (QED) is 0.645. The van der Waals surface area contributed by atoms with Crippen molar-refractivity contribution in [2.45, 2.75) is 19.0 Å². The Bertz CT molecular complexity index is 152. The number of rotatable bonds is 4. The van der Waals surface area contributed by atoms with E-state index in [1.807, 2.05) is 14.1 Å². The summed E-state index contributed by atoms with van der Waals surface area (Å²) >= 11 is 0. The lowest BCUT2D eigenvalue weighted by Gasteiger charge is -2.19. The van der Waals surface area contributed by atoms with Crippen LogP contribution in [0.25, 0.3) is 0 Å². The normalized spacial score (nSPS) is 34.4. The highest BCUT2D eigenvalue weighted by Crippen LogP contribution is 2.27. The highest BCUT2D eigenvalue weighted by Gasteiger charge is 2.35. The molecule has 4 heteroatoms. The summed E-state index contributed by atoms with van der Waals surface area (Å²) in [5.74, 6) is 0.407. The van der Waals surface area contributed by atoms with Crippen molar-refractivity contribution >= 4 is 0 Å². The molecule has 1 fully saturated rings. The molecule has 1 aliphatic rings. The highest BCUT2D eigenvalue weighted by atomic mass is 16.8. The van der Waals surface area contributed by atoms with Crippen LogP contribution in [-0.2, 0) is 14.2 Å². The lowest BCUT2D eigenvalue weighted by molar-refractivity contribution is -0.193. The minimum atomic E-state index is -0.118. The van der Waals surface area contributed by atoms with Crippen LogP contribution in [0.1, 0.15) is 6.42 Å². The van der Waals surface area contributed by atoms with E-state index in [2.05, 4.69) is 4.90 Å². The molecule has 0 saturated carbocycles. The molecule has 3 atom stereocenters. The van der Waals surface area contributed by atoms with E-state index in [4.69, 9.17) is 14.2 Å². The highest BCUT2D eigenvalue weighted by molar-refractivity contribution is 4.74. The maximum atomic E-state index is 5.50. The Morgan fingerprint density at radius 1 is 1.31 bits per heavy atom. The summed E-state index contributed by atoms with van der Waals surface area (Å²) in [6, 6.07) is 0. The Morgan fingerprint density at radius 3 is 2.46 bits per heavy atom. The topological polar surface area (TPSA) is 30.9 Å². The van der Waals surface area contributed by atoms with Crippen LogP contribution in [0, 0.1) is 5.92 Å². The van der Waals surface area contributed by atoms with Gasteiger partial charge < -0.3 is 19.1 Å². The molecule has 3 unspecified atom stereocenters. The first-order valence-corrected chi connectivity index (χ1v) is 4.53. The third kappa shape index (κ3) is 2.91. The third-order valence-electron chi connectivity index (χ3n) is 2.26. The first-order valence-electron chi connectivity index (χ1n) is 4.53. The first kappa shape index (κ1) is 10.9. The second-order valence-corrected chi connectivity index (χ2v) is 3.66. The predicted molar refractivity (Wildman–Crippen MR) is 49.3 cm³/mol. The fourth-order valence-electron chi connectivity index (χ4n) is 1.70. The van der Waals surface area contributed by atoms with Crippen LogP contribution in [-0.4, -0.2) is 52.3 Å². The van der Waals surface area contributed by atoms with Gasteiger partial charge in [-0.3, -0.25) is 0 Å². The zero-order chi connectivity index (χ0) is 9.84. The van der Waals surface area contributed by atoms with Crippen molar-refractivity contribution in [1.82, 2.24) is 4.90 Å². The fraction of sp³-hybridized carbons (Fsp3) is 1.00. The minimum absolute atomic E-state index is 0.102. The summed E-state index contributed by atoms with van der Waals surface area (Å²) in [6.07, 6.45) is 0.690. The SMILES string of the molecule is COC1CC(CN(C)C)C(OC)O1. The summed E-state index contributed by atoms with van der Waals surface area (Å²) < 4.78 is 15.9. The van der Waals surface area contributed by atoms with E-state index in [-0.39, 0.29) is 12.6 Å². The van der Waals surface area contributed by atoms with Gasteiger partial charge in [0.1, 0.15) is 0 Å². The Hall–Kier alpha value is -0.160. The lowest BCUT2D eigenvalue weighted by Crippen LogP contribution is -2.28. The van der Waals surface area contributed by atoms with Crippen LogP contribution < -0.4 is 0 Å². The maximum Gasteiger partial charge on any atom is 0.164 e. The molecule has 0 amide bonds. The van der Waals surface area contributed by atoms with Crippen LogP contribution in [0.3, 0.4) is 0 Å².